The lowest BCUT2D eigenvalue weighted by atomic mass is 10.0. The summed E-state index contributed by atoms with van der Waals surface area (Å²) < 4.78 is 7.42. The van der Waals surface area contributed by atoms with Crippen molar-refractivity contribution in [1.29, 1.82) is 5.26 Å². The Kier molecular flexibility index (Phi) is 6.80. The average Bonchev–Trinajstić information content (AvgIpc) is 3.53. The molecule has 1 aromatic carbocycles. The van der Waals surface area contributed by atoms with Crippen LogP contribution in [0.1, 0.15) is 19.4 Å². The summed E-state index contributed by atoms with van der Waals surface area (Å²) in [5.41, 5.74) is 6.41. The van der Waals surface area contributed by atoms with E-state index in [-0.39, 0.29) is 0 Å². The van der Waals surface area contributed by atoms with Gasteiger partial charge in [-0.15, -0.1) is 0 Å². The van der Waals surface area contributed by atoms with Crippen LogP contribution in [0.4, 0.5) is 5.69 Å². The van der Waals surface area contributed by atoms with E-state index in [2.05, 4.69) is 63.5 Å². The number of aromatic amines is 1. The van der Waals surface area contributed by atoms with E-state index in [9.17, 15) is 5.26 Å². The lowest BCUT2D eigenvalue weighted by Crippen LogP contribution is -2.38. The van der Waals surface area contributed by atoms with Gasteiger partial charge in [0, 0.05) is 66.8 Å². The van der Waals surface area contributed by atoms with Crippen LogP contribution in [-0.4, -0.2) is 64.0 Å². The Balaban J connectivity index is 1.38. The van der Waals surface area contributed by atoms with E-state index in [0.717, 1.165) is 84.9 Å². The molecule has 35 heavy (non-hydrogen) atoms. The van der Waals surface area contributed by atoms with Crippen LogP contribution in [0.15, 0.2) is 49.1 Å². The Bertz CT molecular complexity index is 1340. The maximum Gasteiger partial charge on any atom is 0.137 e. The zero-order chi connectivity index (χ0) is 24.2. The highest BCUT2D eigenvalue weighted by Gasteiger charge is 2.14. The van der Waals surface area contributed by atoms with Gasteiger partial charge in [0.15, 0.2) is 0 Å². The number of aromatic nitrogens is 4. The molecule has 3 aromatic heterocycles. The molecule has 5 rings (SSSR count). The molecule has 4 aromatic rings. The maximum atomic E-state index is 9.71. The average molecular weight is 470 g/mol. The lowest BCUT2D eigenvalue weighted by Gasteiger charge is -2.26. The van der Waals surface area contributed by atoms with Crippen molar-refractivity contribution in [2.75, 3.05) is 44.7 Å². The number of ether oxygens (including phenoxy) is 1. The third-order valence-corrected chi connectivity index (χ3v) is 6.40. The second-order valence-electron chi connectivity index (χ2n) is 9.42. The van der Waals surface area contributed by atoms with E-state index in [1.165, 1.54) is 0 Å². The highest BCUT2D eigenvalue weighted by atomic mass is 16.5. The summed E-state index contributed by atoms with van der Waals surface area (Å²) in [4.78, 5) is 10.3. The third kappa shape index (κ3) is 5.21. The fourth-order valence-corrected chi connectivity index (χ4v) is 4.38. The summed E-state index contributed by atoms with van der Waals surface area (Å²) in [6.45, 7) is 10.5. The fourth-order valence-electron chi connectivity index (χ4n) is 4.38. The minimum atomic E-state index is 0.503. The highest BCUT2D eigenvalue weighted by Crippen LogP contribution is 2.32. The summed E-state index contributed by atoms with van der Waals surface area (Å²) in [7, 11) is 0. The molecule has 1 aliphatic rings. The molecule has 0 unspecified atom stereocenters. The van der Waals surface area contributed by atoms with E-state index >= 15 is 0 Å². The molecule has 0 amide bonds. The number of nitrogens with zero attached hydrogens (tertiary/aromatic N) is 5. The number of anilines is 1. The van der Waals surface area contributed by atoms with E-state index in [4.69, 9.17) is 4.74 Å². The van der Waals surface area contributed by atoms with Crippen LogP contribution in [-0.2, 0) is 11.3 Å². The molecule has 4 heterocycles. The van der Waals surface area contributed by atoms with Crippen molar-refractivity contribution in [1.82, 2.24) is 24.6 Å². The number of hydrogen-bond acceptors (Lipinski definition) is 6. The molecule has 1 saturated heterocycles. The first-order valence-corrected chi connectivity index (χ1v) is 12.2. The molecular weight excluding hydrogens is 438 g/mol. The summed E-state index contributed by atoms with van der Waals surface area (Å²) in [5, 5.41) is 18.7. The van der Waals surface area contributed by atoms with Crippen molar-refractivity contribution < 1.29 is 4.74 Å². The van der Waals surface area contributed by atoms with Crippen molar-refractivity contribution in [3.63, 3.8) is 0 Å². The topological polar surface area (TPSA) is 94.8 Å². The molecule has 8 heteroatoms. The predicted molar refractivity (Wildman–Crippen MR) is 138 cm³/mol. The van der Waals surface area contributed by atoms with Gasteiger partial charge in [-0.2, -0.15) is 10.4 Å². The monoisotopic (exact) mass is 469 g/mol. The Morgan fingerprint density at radius 3 is 2.77 bits per heavy atom. The first-order valence-electron chi connectivity index (χ1n) is 12.2. The molecule has 2 N–H and O–H groups in total. The highest BCUT2D eigenvalue weighted by molar-refractivity contribution is 5.96. The second-order valence-corrected chi connectivity index (χ2v) is 9.42. The molecule has 0 bridgehead atoms. The molecule has 1 fully saturated rings. The summed E-state index contributed by atoms with van der Waals surface area (Å²) in [5.74, 6) is 0.503. The van der Waals surface area contributed by atoms with Gasteiger partial charge in [-0.3, -0.25) is 9.58 Å². The summed E-state index contributed by atoms with van der Waals surface area (Å²) in [6, 6.07) is 10.5. The smallest absolute Gasteiger partial charge is 0.137 e. The van der Waals surface area contributed by atoms with Crippen molar-refractivity contribution in [3.8, 4) is 28.3 Å². The van der Waals surface area contributed by atoms with Crippen LogP contribution in [0.2, 0.25) is 0 Å². The maximum absolute atomic E-state index is 9.71. The minimum Gasteiger partial charge on any atom is -0.384 e. The normalized spacial score (nSPS) is 14.5. The molecule has 1 aliphatic heterocycles. The van der Waals surface area contributed by atoms with Crippen LogP contribution in [0.5, 0.6) is 0 Å². The quantitative estimate of drug-likeness (QED) is 0.398. The lowest BCUT2D eigenvalue weighted by molar-refractivity contribution is 0.0360. The van der Waals surface area contributed by atoms with Crippen LogP contribution in [0.25, 0.3) is 33.3 Å². The molecule has 0 atom stereocenters. The first-order chi connectivity index (χ1) is 17.1. The molecule has 0 aliphatic carbocycles. The number of fused-ring (bicyclic) bond motifs is 1. The third-order valence-electron chi connectivity index (χ3n) is 6.40. The van der Waals surface area contributed by atoms with Gasteiger partial charge in [-0.05, 0) is 29.7 Å². The number of hydrogen-bond donors (Lipinski definition) is 2. The van der Waals surface area contributed by atoms with E-state index in [1.54, 1.807) is 0 Å². The van der Waals surface area contributed by atoms with Crippen molar-refractivity contribution >= 4 is 16.7 Å². The Hall–Kier alpha value is -3.67. The molecule has 0 spiro atoms. The van der Waals surface area contributed by atoms with Gasteiger partial charge in [0.2, 0.25) is 0 Å². The van der Waals surface area contributed by atoms with Crippen LogP contribution in [0.3, 0.4) is 0 Å². The van der Waals surface area contributed by atoms with Crippen LogP contribution < -0.4 is 5.32 Å². The standard InChI is InChI=1S/C27H31N7O/c1-19(2)14-29-26-4-3-20(11-21(26)13-28)25-17-31-27-24(25)12-22(15-30-27)23-16-32-34(18-23)6-5-33-7-9-35-10-8-33/h3-4,11-12,15-19,29H,5-10,14H2,1-2H3,(H,30,31). The van der Waals surface area contributed by atoms with Crippen molar-refractivity contribution in [3.05, 3.63) is 54.6 Å². The fraction of sp³-hybridized carbons (Fsp3) is 0.370. The molecule has 180 valence electrons. The van der Waals surface area contributed by atoms with E-state index < -0.39 is 0 Å². The SMILES string of the molecule is CC(C)CNc1ccc(-c2c[nH]c3ncc(-c4cnn(CCN5CCOCC5)c4)cc23)cc1C#N. The number of morpholine rings is 1. The van der Waals surface area contributed by atoms with Gasteiger partial charge in [-0.1, -0.05) is 19.9 Å². The number of H-pyrrole nitrogens is 1. The van der Waals surface area contributed by atoms with Gasteiger partial charge >= 0.3 is 0 Å². The zero-order valence-corrected chi connectivity index (χ0v) is 20.3. The van der Waals surface area contributed by atoms with Crippen molar-refractivity contribution in [2.24, 2.45) is 5.92 Å². The summed E-state index contributed by atoms with van der Waals surface area (Å²) >= 11 is 0. The van der Waals surface area contributed by atoms with Crippen LogP contribution >= 0.6 is 0 Å². The largest absolute Gasteiger partial charge is 0.384 e. The van der Waals surface area contributed by atoms with Gasteiger partial charge in [0.05, 0.1) is 37.2 Å². The summed E-state index contributed by atoms with van der Waals surface area (Å²) in [6.07, 6.45) is 7.83. The Morgan fingerprint density at radius 1 is 1.11 bits per heavy atom. The number of rotatable bonds is 8. The van der Waals surface area contributed by atoms with Gasteiger partial charge in [0.1, 0.15) is 11.7 Å². The Labute approximate surface area is 205 Å². The minimum absolute atomic E-state index is 0.503. The molecule has 0 saturated carbocycles. The van der Waals surface area contributed by atoms with E-state index in [0.29, 0.717) is 11.5 Å². The van der Waals surface area contributed by atoms with Gasteiger partial charge < -0.3 is 15.0 Å². The van der Waals surface area contributed by atoms with Crippen molar-refractivity contribution in [2.45, 2.75) is 20.4 Å². The van der Waals surface area contributed by atoms with Gasteiger partial charge in [0.25, 0.3) is 0 Å². The molecule has 0 radical (unpaired) electrons. The number of nitrogens with one attached hydrogen (secondary N) is 2. The predicted octanol–water partition coefficient (Wildman–Crippen LogP) is 4.37. The van der Waals surface area contributed by atoms with E-state index in [1.807, 2.05) is 35.4 Å². The number of pyridine rings is 1. The Morgan fingerprint density at radius 2 is 1.97 bits per heavy atom. The zero-order valence-electron chi connectivity index (χ0n) is 20.3. The van der Waals surface area contributed by atoms with Crippen LogP contribution in [0, 0.1) is 17.2 Å². The second kappa shape index (κ2) is 10.3. The molecule has 8 nitrogen and oxygen atoms in total. The van der Waals surface area contributed by atoms with Gasteiger partial charge in [-0.25, -0.2) is 4.98 Å². The number of benzene rings is 1. The number of nitriles is 1. The first kappa shape index (κ1) is 23.1. The molecular formula is C27H31N7O.